The Bertz CT molecular complexity index is 1970. The molecule has 2 amide bonds. The number of carboxylic acid groups (broad SMARTS) is 3. The lowest BCUT2D eigenvalue weighted by molar-refractivity contribution is -0.140. The predicted molar refractivity (Wildman–Crippen MR) is 246 cm³/mol. The summed E-state index contributed by atoms with van der Waals surface area (Å²) in [4.78, 5) is 87.4. The van der Waals surface area contributed by atoms with Gasteiger partial charge in [-0.1, -0.05) is 6.07 Å². The van der Waals surface area contributed by atoms with Crippen LogP contribution >= 0.6 is 0 Å². The summed E-state index contributed by atoms with van der Waals surface area (Å²) in [5, 5.41) is 49.9. The number of anilines is 1. The van der Waals surface area contributed by atoms with Gasteiger partial charge in [-0.15, -0.1) is 20.4 Å². The van der Waals surface area contributed by atoms with E-state index < -0.39 is 17.9 Å². The van der Waals surface area contributed by atoms with E-state index in [1.54, 1.807) is 45.2 Å². The first-order valence-electron chi connectivity index (χ1n) is 22.8. The maximum Gasteiger partial charge on any atom is 0.317 e. The van der Waals surface area contributed by atoms with E-state index in [1.165, 1.54) is 6.20 Å². The molecule has 5 N–H and O–H groups in total. The number of hydrogen-bond acceptors (Lipinski definition) is 20. The number of pyridine rings is 2. The second kappa shape index (κ2) is 32.6. The van der Waals surface area contributed by atoms with Gasteiger partial charge in [0.2, 0.25) is 23.5 Å². The number of carbonyl (C=O) groups is 6. The minimum Gasteiger partial charge on any atom is -0.480 e. The first-order valence-corrected chi connectivity index (χ1v) is 22.8. The Morgan fingerprint density at radius 2 is 0.971 bits per heavy atom. The van der Waals surface area contributed by atoms with Crippen LogP contribution in [0.5, 0.6) is 0 Å². The van der Waals surface area contributed by atoms with Gasteiger partial charge in [-0.25, -0.2) is 0 Å². The smallest absolute Gasteiger partial charge is 0.317 e. The molecule has 0 saturated carbocycles. The molecule has 1 aliphatic rings. The van der Waals surface area contributed by atoms with E-state index in [0.717, 1.165) is 0 Å². The SMILES string of the molecule is O=C(O)CN1CCN(CC(=O)O)CCN(CC(=O)CCCOCCOCCOCCOCCNC(=O)CCCC(=O)Nc2ccc(-c3nnc(-c4ccccn4)nn3)nc2)CCN(CC(=O)O)CC1. The molecule has 0 aliphatic carbocycles. The molecule has 1 fully saturated rings. The van der Waals surface area contributed by atoms with Gasteiger partial charge in [0, 0.05) is 91.0 Å². The van der Waals surface area contributed by atoms with Crippen LogP contribution in [0, 0.1) is 0 Å². The van der Waals surface area contributed by atoms with Gasteiger partial charge in [0.1, 0.15) is 17.2 Å². The Kier molecular flexibility index (Phi) is 26.3. The molecular weight excluding hydrogens is 905 g/mol. The second-order valence-electron chi connectivity index (χ2n) is 15.8. The van der Waals surface area contributed by atoms with Crippen molar-refractivity contribution in [1.82, 2.24) is 55.3 Å². The molecule has 0 spiro atoms. The quantitative estimate of drug-likeness (QED) is 0.0508. The fraction of sp³-hybridized carbons (Fsp3) is 0.591. The average molecular weight is 969 g/mol. The van der Waals surface area contributed by atoms with Crippen molar-refractivity contribution < 1.29 is 63.0 Å². The largest absolute Gasteiger partial charge is 0.480 e. The van der Waals surface area contributed by atoms with Crippen molar-refractivity contribution >= 4 is 41.2 Å². The number of carbonyl (C=O) groups excluding carboxylic acids is 3. The first kappa shape index (κ1) is 55.5. The molecule has 0 atom stereocenters. The Balaban J connectivity index is 0.951. The highest BCUT2D eigenvalue weighted by atomic mass is 16.6. The van der Waals surface area contributed by atoms with Gasteiger partial charge in [0.25, 0.3) is 0 Å². The Morgan fingerprint density at radius 1 is 0.507 bits per heavy atom. The predicted octanol–water partition coefficient (Wildman–Crippen LogP) is -0.493. The summed E-state index contributed by atoms with van der Waals surface area (Å²) >= 11 is 0. The number of hydrogen-bond donors (Lipinski definition) is 5. The van der Waals surface area contributed by atoms with Crippen LogP contribution in [0.15, 0.2) is 42.7 Å². The number of nitrogens with one attached hydrogen (secondary N) is 2. The van der Waals surface area contributed by atoms with Gasteiger partial charge >= 0.3 is 17.9 Å². The van der Waals surface area contributed by atoms with E-state index in [9.17, 15) is 44.1 Å². The summed E-state index contributed by atoms with van der Waals surface area (Å²) in [5.74, 6) is -2.98. The highest BCUT2D eigenvalue weighted by molar-refractivity contribution is 5.91. The zero-order valence-electron chi connectivity index (χ0n) is 38.8. The number of Topliss-reactive ketones (excluding diaryl/α,β-unsaturated/α-hetero) is 1. The van der Waals surface area contributed by atoms with Crippen molar-refractivity contribution in [2.24, 2.45) is 0 Å². The number of ketones is 1. The fourth-order valence-corrected chi connectivity index (χ4v) is 6.76. The van der Waals surface area contributed by atoms with Gasteiger partial charge in [0.05, 0.1) is 84.3 Å². The van der Waals surface area contributed by atoms with Crippen LogP contribution in [0.2, 0.25) is 0 Å². The molecule has 378 valence electrons. The van der Waals surface area contributed by atoms with E-state index in [4.69, 9.17) is 18.9 Å². The molecule has 0 radical (unpaired) electrons. The minimum absolute atomic E-state index is 0.0165. The molecule has 4 rings (SSSR count). The van der Waals surface area contributed by atoms with E-state index in [2.05, 4.69) is 41.0 Å². The summed E-state index contributed by atoms with van der Waals surface area (Å²) < 4.78 is 22.1. The van der Waals surface area contributed by atoms with Crippen LogP contribution < -0.4 is 10.6 Å². The van der Waals surface area contributed by atoms with Crippen LogP contribution in [0.3, 0.4) is 0 Å². The standard InChI is InChI=1S/C44H64N12O13/c57-35(30-53-13-15-54(31-40(60)61)17-19-56(33-42(64)65)20-18-55(16-14-53)32-41(62)63)5-4-21-66-23-25-68-27-28-69-26-24-67-22-12-46-38(58)7-3-8-39(59)48-34-9-10-37(47-29-34)44-51-49-43(50-52-44)36-6-1-2-11-45-36/h1-2,6,9-11,29H,3-5,7-8,12-28,30-33H2,(H,46,58)(H,48,59)(H,60,61)(H,62,63)(H,64,65). The summed E-state index contributed by atoms with van der Waals surface area (Å²) in [6, 6.07) is 8.65. The van der Waals surface area contributed by atoms with Crippen molar-refractivity contribution in [3.63, 3.8) is 0 Å². The van der Waals surface area contributed by atoms with Crippen molar-refractivity contribution in [2.75, 3.05) is 143 Å². The summed E-state index contributed by atoms with van der Waals surface area (Å²) in [7, 11) is 0. The van der Waals surface area contributed by atoms with Gasteiger partial charge in [0.15, 0.2) is 0 Å². The molecule has 1 saturated heterocycles. The van der Waals surface area contributed by atoms with Crippen molar-refractivity contribution in [1.29, 1.82) is 0 Å². The van der Waals surface area contributed by atoms with Crippen LogP contribution in [-0.4, -0.2) is 239 Å². The Morgan fingerprint density at radius 3 is 1.43 bits per heavy atom. The van der Waals surface area contributed by atoms with Crippen molar-refractivity contribution in [3.05, 3.63) is 42.7 Å². The molecule has 4 heterocycles. The second-order valence-corrected chi connectivity index (χ2v) is 15.8. The zero-order chi connectivity index (χ0) is 49.5. The van der Waals surface area contributed by atoms with Crippen LogP contribution in [-0.2, 0) is 47.7 Å². The summed E-state index contributed by atoms with van der Waals surface area (Å²) in [6.45, 7) is 5.18. The Labute approximate surface area is 399 Å². The van der Waals surface area contributed by atoms with Crippen molar-refractivity contribution in [3.8, 4) is 23.0 Å². The lowest BCUT2D eigenvalue weighted by atomic mass is 10.2. The number of carboxylic acids is 3. The number of rotatable bonds is 31. The first-order chi connectivity index (χ1) is 33.4. The van der Waals surface area contributed by atoms with Gasteiger partial charge in [-0.2, -0.15) is 0 Å². The normalized spacial score (nSPS) is 14.6. The minimum atomic E-state index is -1.02. The third-order valence-electron chi connectivity index (χ3n) is 10.3. The fourth-order valence-electron chi connectivity index (χ4n) is 6.76. The lowest BCUT2D eigenvalue weighted by Crippen LogP contribution is -2.49. The average Bonchev–Trinajstić information content (AvgIpc) is 3.32. The van der Waals surface area contributed by atoms with Crippen LogP contribution in [0.25, 0.3) is 23.0 Å². The Hall–Kier alpha value is -6.06. The van der Waals surface area contributed by atoms with Gasteiger partial charge in [-0.3, -0.25) is 58.3 Å². The van der Waals surface area contributed by atoms with Crippen molar-refractivity contribution in [2.45, 2.75) is 32.1 Å². The highest BCUT2D eigenvalue weighted by Gasteiger charge is 2.21. The van der Waals surface area contributed by atoms with E-state index in [1.807, 2.05) is 11.0 Å². The number of nitrogens with zero attached hydrogens (tertiary/aromatic N) is 10. The molecule has 25 heteroatoms. The number of amides is 2. The molecule has 69 heavy (non-hydrogen) atoms. The number of ether oxygens (including phenoxy) is 4. The molecular formula is C44H64N12O13. The van der Waals surface area contributed by atoms with Gasteiger partial charge in [-0.05, 0) is 37.1 Å². The summed E-state index contributed by atoms with van der Waals surface area (Å²) in [6.07, 6.45) is 4.58. The van der Waals surface area contributed by atoms with Gasteiger partial charge < -0.3 is 44.9 Å². The van der Waals surface area contributed by atoms with E-state index in [0.29, 0.717) is 147 Å². The molecule has 1 aliphatic heterocycles. The molecule has 0 unspecified atom stereocenters. The number of aromatic nitrogens is 6. The lowest BCUT2D eigenvalue weighted by Gasteiger charge is -2.32. The molecule has 3 aromatic heterocycles. The summed E-state index contributed by atoms with van der Waals surface area (Å²) in [5.41, 5.74) is 1.47. The molecule has 0 bridgehead atoms. The van der Waals surface area contributed by atoms with E-state index in [-0.39, 0.29) is 68.9 Å². The molecule has 25 nitrogen and oxygen atoms in total. The number of aliphatic carboxylic acids is 3. The maximum absolute atomic E-state index is 12.9. The molecule has 0 aromatic carbocycles. The third kappa shape index (κ3) is 24.7. The highest BCUT2D eigenvalue weighted by Crippen LogP contribution is 2.16. The maximum atomic E-state index is 12.9. The zero-order valence-corrected chi connectivity index (χ0v) is 38.8. The van der Waals surface area contributed by atoms with E-state index >= 15 is 0 Å². The van der Waals surface area contributed by atoms with Crippen LogP contribution in [0.4, 0.5) is 5.69 Å². The molecule has 3 aromatic rings. The van der Waals surface area contributed by atoms with Crippen LogP contribution in [0.1, 0.15) is 32.1 Å². The third-order valence-corrected chi connectivity index (χ3v) is 10.3. The topological polar surface area (TPSA) is 314 Å². The monoisotopic (exact) mass is 968 g/mol.